The summed E-state index contributed by atoms with van der Waals surface area (Å²) in [5.41, 5.74) is 0.974. The Morgan fingerprint density at radius 1 is 1.19 bits per heavy atom. The van der Waals surface area contributed by atoms with Crippen molar-refractivity contribution in [3.8, 4) is 0 Å². The number of halogens is 1. The molecule has 2 rings (SSSR count). The second-order valence-corrected chi connectivity index (χ2v) is 8.96. The fourth-order valence-electron chi connectivity index (χ4n) is 3.62. The van der Waals surface area contributed by atoms with Gasteiger partial charge in [0, 0.05) is 38.2 Å². The molecule has 0 bridgehead atoms. The molecule has 1 aromatic carbocycles. The van der Waals surface area contributed by atoms with Gasteiger partial charge in [0.05, 0.1) is 5.54 Å². The largest absolute Gasteiger partial charge is 0.444 e. The van der Waals surface area contributed by atoms with E-state index in [1.807, 2.05) is 58.9 Å². The van der Waals surface area contributed by atoms with Crippen LogP contribution >= 0.6 is 24.0 Å². The van der Waals surface area contributed by atoms with E-state index >= 15 is 0 Å². The molecule has 0 fully saturated rings. The molecule has 32 heavy (non-hydrogen) atoms. The number of carbonyl (C=O) groups excluding carboxylic acids is 2. The number of amides is 2. The molecule has 1 aliphatic heterocycles. The lowest BCUT2D eigenvalue weighted by atomic mass is 9.90. The van der Waals surface area contributed by atoms with Gasteiger partial charge in [-0.05, 0) is 45.2 Å². The first kappa shape index (κ1) is 28.0. The third-order valence-electron chi connectivity index (χ3n) is 5.56. The van der Waals surface area contributed by atoms with Crippen molar-refractivity contribution in [2.45, 2.75) is 70.9 Å². The summed E-state index contributed by atoms with van der Waals surface area (Å²) in [7, 11) is 1.71. The second kappa shape index (κ2) is 12.3. The number of fused-ring (bicyclic) bond motifs is 1. The van der Waals surface area contributed by atoms with Gasteiger partial charge in [-0.1, -0.05) is 32.0 Å². The number of alkyl carbamates (subject to hydrolysis) is 1. The molecule has 0 spiro atoms. The van der Waals surface area contributed by atoms with Gasteiger partial charge in [0.25, 0.3) is 0 Å². The average Bonchev–Trinajstić information content (AvgIpc) is 2.71. The summed E-state index contributed by atoms with van der Waals surface area (Å²) in [5, 5.41) is 12.6. The Hall–Kier alpha value is -2.04. The molecular formula is C23H38IN5O3. The first-order valence-electron chi connectivity index (χ1n) is 11.0. The van der Waals surface area contributed by atoms with Gasteiger partial charge in [-0.15, -0.1) is 24.0 Å². The smallest absolute Gasteiger partial charge is 0.408 e. The van der Waals surface area contributed by atoms with Crippen LogP contribution in [0.3, 0.4) is 0 Å². The number of anilines is 1. The molecule has 1 heterocycles. The number of aliphatic imine (C=N–C) groups is 1. The molecule has 1 aromatic rings. The van der Waals surface area contributed by atoms with E-state index in [0.717, 1.165) is 24.1 Å². The fourth-order valence-corrected chi connectivity index (χ4v) is 3.62. The molecule has 0 radical (unpaired) electrons. The lowest BCUT2D eigenvalue weighted by molar-refractivity contribution is -0.116. The Kier molecular flexibility index (Phi) is 10.7. The maximum Gasteiger partial charge on any atom is 0.408 e. The summed E-state index contributed by atoms with van der Waals surface area (Å²) >= 11 is 0. The van der Waals surface area contributed by atoms with Crippen LogP contribution in [0, 0.1) is 0 Å². The molecule has 9 heteroatoms. The van der Waals surface area contributed by atoms with Crippen LogP contribution in [0.25, 0.3) is 0 Å². The Morgan fingerprint density at radius 3 is 2.44 bits per heavy atom. The number of para-hydroxylation sites is 1. The van der Waals surface area contributed by atoms with Crippen molar-refractivity contribution >= 4 is 47.6 Å². The van der Waals surface area contributed by atoms with Crippen LogP contribution in [0.15, 0.2) is 29.3 Å². The van der Waals surface area contributed by atoms with Gasteiger partial charge < -0.3 is 26.0 Å². The van der Waals surface area contributed by atoms with Gasteiger partial charge in [0.15, 0.2) is 5.96 Å². The minimum Gasteiger partial charge on any atom is -0.444 e. The number of hydrogen-bond donors (Lipinski definition) is 4. The quantitative estimate of drug-likeness (QED) is 0.230. The SMILES string of the molecule is CCC(CC)(CNC(=NC)NCC1CC(=O)Nc2ccccc21)NC(=O)OC(C)(C)C.I. The molecule has 180 valence electrons. The summed E-state index contributed by atoms with van der Waals surface area (Å²) < 4.78 is 5.44. The van der Waals surface area contributed by atoms with E-state index in [4.69, 9.17) is 4.74 Å². The van der Waals surface area contributed by atoms with E-state index in [2.05, 4.69) is 26.3 Å². The number of guanidine groups is 1. The van der Waals surface area contributed by atoms with Gasteiger partial charge in [-0.25, -0.2) is 4.79 Å². The molecular weight excluding hydrogens is 521 g/mol. The molecule has 1 atom stereocenters. The van der Waals surface area contributed by atoms with E-state index in [9.17, 15) is 9.59 Å². The van der Waals surface area contributed by atoms with Crippen LogP contribution in [0.5, 0.6) is 0 Å². The van der Waals surface area contributed by atoms with Crippen molar-refractivity contribution in [1.29, 1.82) is 0 Å². The average molecular weight is 559 g/mol. The minimum absolute atomic E-state index is 0. The Bertz CT molecular complexity index is 803. The molecule has 0 saturated heterocycles. The molecule has 8 nitrogen and oxygen atoms in total. The number of ether oxygens (including phenoxy) is 1. The van der Waals surface area contributed by atoms with Gasteiger partial charge in [0.1, 0.15) is 5.60 Å². The number of nitrogens with one attached hydrogen (secondary N) is 4. The summed E-state index contributed by atoms with van der Waals surface area (Å²) in [6.45, 7) is 10.7. The van der Waals surface area contributed by atoms with Gasteiger partial charge in [0.2, 0.25) is 5.91 Å². The zero-order chi connectivity index (χ0) is 23.1. The molecule has 2 amide bonds. The van der Waals surface area contributed by atoms with Gasteiger partial charge in [-0.3, -0.25) is 9.79 Å². The highest BCUT2D eigenvalue weighted by molar-refractivity contribution is 14.0. The Morgan fingerprint density at radius 2 is 1.84 bits per heavy atom. The standard InChI is InChI=1S/C23H37N5O3.HI/c1-7-23(8-2,28-21(30)31-22(3,4)5)15-26-20(24-6)25-14-16-13-19(29)27-18-12-10-9-11-17(16)18;/h9-12,16H,7-8,13-15H2,1-6H3,(H,27,29)(H,28,30)(H2,24,25,26);1H. The predicted octanol–water partition coefficient (Wildman–Crippen LogP) is 3.98. The zero-order valence-corrected chi connectivity index (χ0v) is 22.3. The lowest BCUT2D eigenvalue weighted by Gasteiger charge is -2.34. The summed E-state index contributed by atoms with van der Waals surface area (Å²) in [6, 6.07) is 7.87. The molecule has 0 aliphatic carbocycles. The van der Waals surface area contributed by atoms with Crippen LogP contribution in [-0.4, -0.2) is 49.2 Å². The number of hydrogen-bond acceptors (Lipinski definition) is 4. The van der Waals surface area contributed by atoms with E-state index < -0.39 is 17.2 Å². The van der Waals surface area contributed by atoms with E-state index in [1.165, 1.54) is 0 Å². The second-order valence-electron chi connectivity index (χ2n) is 8.96. The van der Waals surface area contributed by atoms with Gasteiger partial charge in [-0.2, -0.15) is 0 Å². The van der Waals surface area contributed by atoms with Crippen molar-refractivity contribution < 1.29 is 14.3 Å². The predicted molar refractivity (Wildman–Crippen MR) is 140 cm³/mol. The van der Waals surface area contributed by atoms with Crippen molar-refractivity contribution in [2.75, 3.05) is 25.5 Å². The topological polar surface area (TPSA) is 104 Å². The van der Waals surface area contributed by atoms with E-state index in [-0.39, 0.29) is 35.8 Å². The monoisotopic (exact) mass is 559 g/mol. The molecule has 0 aromatic heterocycles. The first-order valence-corrected chi connectivity index (χ1v) is 11.0. The highest BCUT2D eigenvalue weighted by Crippen LogP contribution is 2.31. The molecule has 1 aliphatic rings. The maximum absolute atomic E-state index is 12.3. The highest BCUT2D eigenvalue weighted by Gasteiger charge is 2.31. The summed E-state index contributed by atoms with van der Waals surface area (Å²) in [5.74, 6) is 0.706. The van der Waals surface area contributed by atoms with Crippen LogP contribution in [0.2, 0.25) is 0 Å². The van der Waals surface area contributed by atoms with Crippen molar-refractivity contribution in [3.05, 3.63) is 29.8 Å². The zero-order valence-electron chi connectivity index (χ0n) is 20.0. The summed E-state index contributed by atoms with van der Waals surface area (Å²) in [6.07, 6.45) is 1.48. The van der Waals surface area contributed by atoms with Crippen LogP contribution in [-0.2, 0) is 9.53 Å². The lowest BCUT2D eigenvalue weighted by Crippen LogP contribution is -2.57. The van der Waals surface area contributed by atoms with Crippen molar-refractivity contribution in [2.24, 2.45) is 4.99 Å². The molecule has 4 N–H and O–H groups in total. The van der Waals surface area contributed by atoms with Crippen molar-refractivity contribution in [1.82, 2.24) is 16.0 Å². The maximum atomic E-state index is 12.3. The van der Waals surface area contributed by atoms with E-state index in [1.54, 1.807) is 7.05 Å². The van der Waals surface area contributed by atoms with E-state index in [0.29, 0.717) is 25.5 Å². The first-order chi connectivity index (χ1) is 14.6. The molecule has 0 saturated carbocycles. The Labute approximate surface area is 208 Å². The Balaban J connectivity index is 0.00000512. The van der Waals surface area contributed by atoms with Crippen LogP contribution in [0.1, 0.15) is 65.4 Å². The highest BCUT2D eigenvalue weighted by atomic mass is 127. The number of benzene rings is 1. The van der Waals surface area contributed by atoms with Gasteiger partial charge >= 0.3 is 6.09 Å². The minimum atomic E-state index is -0.551. The summed E-state index contributed by atoms with van der Waals surface area (Å²) in [4.78, 5) is 28.7. The number of carbonyl (C=O) groups is 2. The number of rotatable bonds is 7. The normalized spacial score (nSPS) is 16.2. The van der Waals surface area contributed by atoms with Crippen LogP contribution < -0.4 is 21.3 Å². The fraction of sp³-hybridized carbons (Fsp3) is 0.609. The number of nitrogens with zero attached hydrogens (tertiary/aromatic N) is 1. The van der Waals surface area contributed by atoms with Crippen molar-refractivity contribution in [3.63, 3.8) is 0 Å². The van der Waals surface area contributed by atoms with Crippen LogP contribution in [0.4, 0.5) is 10.5 Å². The third kappa shape index (κ3) is 8.14. The molecule has 1 unspecified atom stereocenters. The third-order valence-corrected chi connectivity index (χ3v) is 5.56.